The van der Waals surface area contributed by atoms with Gasteiger partial charge in [0.05, 0.1) is 18.8 Å². The molecule has 0 fully saturated rings. The molecule has 0 unspecified atom stereocenters. The standard InChI is InChI=1S/C15H21ClN6O2/c1-4-7-24-15-13(14(21(2)3)17-10-18-15)22(12(23)8-16)9-11-5-6-19-20-11/h5-6,10H,4,7-9H2,1-3H3,(H,19,20). The van der Waals surface area contributed by atoms with Crippen molar-refractivity contribution in [3.63, 3.8) is 0 Å². The van der Waals surface area contributed by atoms with Crippen LogP contribution in [0.4, 0.5) is 11.5 Å². The molecule has 0 aliphatic rings. The third-order valence-corrected chi connectivity index (χ3v) is 3.44. The Morgan fingerprint density at radius 2 is 2.17 bits per heavy atom. The first-order valence-corrected chi connectivity index (χ1v) is 8.11. The zero-order chi connectivity index (χ0) is 17.5. The van der Waals surface area contributed by atoms with Gasteiger partial charge >= 0.3 is 0 Å². The summed E-state index contributed by atoms with van der Waals surface area (Å²) in [6, 6.07) is 1.79. The molecule has 0 radical (unpaired) electrons. The van der Waals surface area contributed by atoms with E-state index in [1.165, 1.54) is 11.2 Å². The Labute approximate surface area is 145 Å². The van der Waals surface area contributed by atoms with E-state index in [-0.39, 0.29) is 18.3 Å². The molecule has 0 spiro atoms. The van der Waals surface area contributed by atoms with Crippen LogP contribution in [0.1, 0.15) is 19.0 Å². The number of carbonyl (C=O) groups is 1. The second-order valence-corrected chi connectivity index (χ2v) is 5.56. The van der Waals surface area contributed by atoms with Crippen LogP contribution in [-0.4, -0.2) is 52.7 Å². The van der Waals surface area contributed by atoms with E-state index in [2.05, 4.69) is 20.2 Å². The predicted molar refractivity (Wildman–Crippen MR) is 92.6 cm³/mol. The molecule has 0 aromatic carbocycles. The third kappa shape index (κ3) is 4.14. The summed E-state index contributed by atoms with van der Waals surface area (Å²) in [6.45, 7) is 2.76. The van der Waals surface area contributed by atoms with E-state index in [4.69, 9.17) is 16.3 Å². The highest BCUT2D eigenvalue weighted by Crippen LogP contribution is 2.35. The normalized spacial score (nSPS) is 10.5. The molecule has 1 N–H and O–H groups in total. The SMILES string of the molecule is CCCOc1ncnc(N(C)C)c1N(Cc1ccn[nH]1)C(=O)CCl. The average molecular weight is 353 g/mol. The van der Waals surface area contributed by atoms with E-state index in [1.54, 1.807) is 17.2 Å². The van der Waals surface area contributed by atoms with Crippen LogP contribution in [0.5, 0.6) is 5.88 Å². The maximum atomic E-state index is 12.5. The highest BCUT2D eigenvalue weighted by Gasteiger charge is 2.26. The molecular formula is C15H21ClN6O2. The summed E-state index contributed by atoms with van der Waals surface area (Å²) in [6.07, 6.45) is 3.87. The van der Waals surface area contributed by atoms with Crippen molar-refractivity contribution < 1.29 is 9.53 Å². The smallest absolute Gasteiger partial charge is 0.243 e. The first-order chi connectivity index (χ1) is 11.6. The zero-order valence-corrected chi connectivity index (χ0v) is 14.7. The fourth-order valence-electron chi connectivity index (χ4n) is 2.13. The van der Waals surface area contributed by atoms with Crippen LogP contribution in [0.15, 0.2) is 18.6 Å². The number of ether oxygens (including phenoxy) is 1. The minimum absolute atomic E-state index is 0.164. The summed E-state index contributed by atoms with van der Waals surface area (Å²) in [5, 5.41) is 6.76. The van der Waals surface area contributed by atoms with Gasteiger partial charge in [-0.05, 0) is 12.5 Å². The summed E-state index contributed by atoms with van der Waals surface area (Å²) >= 11 is 5.81. The number of aromatic amines is 1. The van der Waals surface area contributed by atoms with E-state index < -0.39 is 0 Å². The van der Waals surface area contributed by atoms with Crippen molar-refractivity contribution in [1.82, 2.24) is 20.2 Å². The predicted octanol–water partition coefficient (Wildman–Crippen LogP) is 1.83. The Bertz CT molecular complexity index is 662. The van der Waals surface area contributed by atoms with Crippen LogP contribution in [0.25, 0.3) is 0 Å². The first-order valence-electron chi connectivity index (χ1n) is 7.58. The van der Waals surface area contributed by atoms with Crippen LogP contribution < -0.4 is 14.5 Å². The molecule has 1 amide bonds. The Hall–Kier alpha value is -2.35. The van der Waals surface area contributed by atoms with Gasteiger partial charge in [-0.25, -0.2) is 4.98 Å². The number of hydrogen-bond acceptors (Lipinski definition) is 6. The molecular weight excluding hydrogens is 332 g/mol. The van der Waals surface area contributed by atoms with Gasteiger partial charge in [-0.2, -0.15) is 10.1 Å². The van der Waals surface area contributed by atoms with Crippen LogP contribution in [0.3, 0.4) is 0 Å². The second-order valence-electron chi connectivity index (χ2n) is 5.29. The Kier molecular flexibility index (Phi) is 6.36. The van der Waals surface area contributed by atoms with Gasteiger partial charge < -0.3 is 9.64 Å². The topological polar surface area (TPSA) is 87.2 Å². The molecule has 2 rings (SSSR count). The molecule has 0 saturated heterocycles. The van der Waals surface area contributed by atoms with Gasteiger partial charge in [0, 0.05) is 20.3 Å². The second kappa shape index (κ2) is 8.49. The number of amides is 1. The Morgan fingerprint density at radius 1 is 1.38 bits per heavy atom. The number of halogens is 1. The van der Waals surface area contributed by atoms with Gasteiger partial charge in [0.2, 0.25) is 11.8 Å². The molecule has 130 valence electrons. The maximum absolute atomic E-state index is 12.5. The van der Waals surface area contributed by atoms with Crippen LogP contribution in [0, 0.1) is 0 Å². The van der Waals surface area contributed by atoms with Crippen molar-refractivity contribution in [2.45, 2.75) is 19.9 Å². The lowest BCUT2D eigenvalue weighted by molar-refractivity contribution is -0.116. The van der Waals surface area contributed by atoms with Gasteiger partial charge in [-0.3, -0.25) is 14.8 Å². The van der Waals surface area contributed by atoms with Crippen molar-refractivity contribution in [1.29, 1.82) is 0 Å². The highest BCUT2D eigenvalue weighted by molar-refractivity contribution is 6.29. The molecule has 2 heterocycles. The number of anilines is 2. The van der Waals surface area contributed by atoms with Gasteiger partial charge in [0.25, 0.3) is 0 Å². The van der Waals surface area contributed by atoms with Gasteiger partial charge in [-0.1, -0.05) is 6.92 Å². The number of H-pyrrole nitrogens is 1. The number of nitrogens with one attached hydrogen (secondary N) is 1. The Morgan fingerprint density at radius 3 is 2.75 bits per heavy atom. The summed E-state index contributed by atoms with van der Waals surface area (Å²) in [5.41, 5.74) is 1.26. The summed E-state index contributed by atoms with van der Waals surface area (Å²) in [5.74, 6) is 0.497. The molecule has 0 aliphatic carbocycles. The maximum Gasteiger partial charge on any atom is 0.243 e. The highest BCUT2D eigenvalue weighted by atomic mass is 35.5. The minimum Gasteiger partial charge on any atom is -0.476 e. The van der Waals surface area contributed by atoms with Crippen molar-refractivity contribution in [3.8, 4) is 5.88 Å². The molecule has 2 aromatic heterocycles. The van der Waals surface area contributed by atoms with Crippen LogP contribution in [0.2, 0.25) is 0 Å². The lowest BCUT2D eigenvalue weighted by Crippen LogP contribution is -2.34. The fraction of sp³-hybridized carbons (Fsp3) is 0.467. The van der Waals surface area contributed by atoms with Crippen LogP contribution >= 0.6 is 11.6 Å². The summed E-state index contributed by atoms with van der Waals surface area (Å²) < 4.78 is 5.73. The van der Waals surface area contributed by atoms with Crippen molar-refractivity contribution in [3.05, 3.63) is 24.3 Å². The third-order valence-electron chi connectivity index (χ3n) is 3.21. The Balaban J connectivity index is 2.50. The summed E-state index contributed by atoms with van der Waals surface area (Å²) in [7, 11) is 3.68. The largest absolute Gasteiger partial charge is 0.476 e. The molecule has 8 nitrogen and oxygen atoms in total. The monoisotopic (exact) mass is 352 g/mol. The van der Waals surface area contributed by atoms with E-state index in [1.807, 2.05) is 21.0 Å². The molecule has 9 heteroatoms. The van der Waals surface area contributed by atoms with Crippen molar-refractivity contribution >= 4 is 29.0 Å². The number of alkyl halides is 1. The minimum atomic E-state index is -0.273. The van der Waals surface area contributed by atoms with E-state index >= 15 is 0 Å². The molecule has 0 saturated carbocycles. The van der Waals surface area contributed by atoms with E-state index in [0.29, 0.717) is 24.0 Å². The van der Waals surface area contributed by atoms with E-state index in [0.717, 1.165) is 12.1 Å². The molecule has 0 atom stereocenters. The van der Waals surface area contributed by atoms with Crippen LogP contribution in [-0.2, 0) is 11.3 Å². The number of nitrogens with zero attached hydrogens (tertiary/aromatic N) is 5. The quantitative estimate of drug-likeness (QED) is 0.729. The molecule has 2 aromatic rings. The number of carbonyl (C=O) groups excluding carboxylic acids is 1. The van der Waals surface area contributed by atoms with Gasteiger partial charge in [0.15, 0.2) is 11.5 Å². The van der Waals surface area contributed by atoms with Gasteiger partial charge in [-0.15, -0.1) is 11.6 Å². The van der Waals surface area contributed by atoms with E-state index in [9.17, 15) is 4.79 Å². The number of rotatable bonds is 8. The zero-order valence-electron chi connectivity index (χ0n) is 14.0. The van der Waals surface area contributed by atoms with Gasteiger partial charge in [0.1, 0.15) is 12.2 Å². The molecule has 0 bridgehead atoms. The number of hydrogen-bond donors (Lipinski definition) is 1. The number of aromatic nitrogens is 4. The average Bonchev–Trinajstić information content (AvgIpc) is 3.10. The lowest BCUT2D eigenvalue weighted by Gasteiger charge is -2.27. The first kappa shape index (κ1) is 18.0. The van der Waals surface area contributed by atoms with Crippen molar-refractivity contribution in [2.75, 3.05) is 36.4 Å². The molecule has 0 aliphatic heterocycles. The van der Waals surface area contributed by atoms with Crippen molar-refractivity contribution in [2.24, 2.45) is 0 Å². The lowest BCUT2D eigenvalue weighted by atomic mass is 10.3. The summed E-state index contributed by atoms with van der Waals surface area (Å²) in [4.78, 5) is 24.3. The molecule has 24 heavy (non-hydrogen) atoms. The fourth-order valence-corrected chi connectivity index (χ4v) is 2.27.